The molecule has 2 aliphatic rings. The van der Waals surface area contributed by atoms with Crippen LogP contribution in [0.4, 0.5) is 17.3 Å². The van der Waals surface area contributed by atoms with E-state index in [0.717, 1.165) is 44.3 Å². The molecule has 0 radical (unpaired) electrons. The van der Waals surface area contributed by atoms with Gasteiger partial charge in [0.25, 0.3) is 5.91 Å². The molecule has 33 heavy (non-hydrogen) atoms. The number of ether oxygens (including phenoxy) is 1. The van der Waals surface area contributed by atoms with Crippen molar-refractivity contribution in [1.82, 2.24) is 24.9 Å². The van der Waals surface area contributed by atoms with Crippen LogP contribution in [0, 0.1) is 0 Å². The lowest BCUT2D eigenvalue weighted by molar-refractivity contribution is 0.0952. The van der Waals surface area contributed by atoms with Gasteiger partial charge in [0.05, 0.1) is 6.20 Å². The summed E-state index contributed by atoms with van der Waals surface area (Å²) in [6.07, 6.45) is 11.3. The molecule has 5 rings (SSSR count). The minimum atomic E-state index is -0.146. The summed E-state index contributed by atoms with van der Waals surface area (Å²) in [5.41, 5.74) is 1.69. The fraction of sp³-hybridized carbons (Fsp3) is 0.478. The van der Waals surface area contributed by atoms with Crippen LogP contribution < -0.4 is 20.7 Å². The van der Waals surface area contributed by atoms with E-state index in [4.69, 9.17) is 9.84 Å². The summed E-state index contributed by atoms with van der Waals surface area (Å²) in [6.45, 7) is 0. The number of rotatable bonds is 7. The Labute approximate surface area is 192 Å². The topological polar surface area (TPSA) is 126 Å². The number of fused-ring (bicyclic) bond motifs is 1. The highest BCUT2D eigenvalue weighted by Gasteiger charge is 2.26. The molecule has 1 amide bonds. The summed E-state index contributed by atoms with van der Waals surface area (Å²) in [6, 6.07) is 5.90. The monoisotopic (exact) mass is 453 g/mol. The Morgan fingerprint density at radius 2 is 1.97 bits per heavy atom. The van der Waals surface area contributed by atoms with Gasteiger partial charge in [-0.3, -0.25) is 4.79 Å². The standard InChI is InChI=1S/C22H27N7O2.CH4O/c1-23-19-12-18(28-20-16(13-25-29(19)20)21(30)26-14-9-10-14)27-17-8-5-11-24-22(17)31-15-6-3-2-4-7-15;1-2/h5,8,11-15,23H,2-4,6-7,9-10H2,1H3,(H,26,30)(H,27,28);2H,1H3. The van der Waals surface area contributed by atoms with Gasteiger partial charge in [0.15, 0.2) is 5.65 Å². The molecule has 2 aliphatic carbocycles. The third kappa shape index (κ3) is 5.33. The lowest BCUT2D eigenvalue weighted by Gasteiger charge is -2.23. The number of amides is 1. The Hall–Kier alpha value is -3.40. The number of nitrogens with zero attached hydrogens (tertiary/aromatic N) is 4. The van der Waals surface area contributed by atoms with Crippen molar-refractivity contribution in [1.29, 1.82) is 0 Å². The fourth-order valence-corrected chi connectivity index (χ4v) is 3.91. The van der Waals surface area contributed by atoms with E-state index in [1.165, 1.54) is 19.3 Å². The number of nitrogens with one attached hydrogen (secondary N) is 3. The van der Waals surface area contributed by atoms with Gasteiger partial charge in [-0.1, -0.05) is 6.42 Å². The number of hydrogen-bond acceptors (Lipinski definition) is 8. The van der Waals surface area contributed by atoms with E-state index < -0.39 is 0 Å². The predicted molar refractivity (Wildman–Crippen MR) is 126 cm³/mol. The second-order valence-corrected chi connectivity index (χ2v) is 8.18. The van der Waals surface area contributed by atoms with Gasteiger partial charge >= 0.3 is 0 Å². The number of aliphatic hydroxyl groups excluding tert-OH is 1. The van der Waals surface area contributed by atoms with Crippen LogP contribution >= 0.6 is 0 Å². The number of aromatic nitrogens is 4. The summed E-state index contributed by atoms with van der Waals surface area (Å²) in [4.78, 5) is 21.8. The van der Waals surface area contributed by atoms with E-state index >= 15 is 0 Å². The molecule has 0 aromatic carbocycles. The highest BCUT2D eigenvalue weighted by atomic mass is 16.5. The maximum absolute atomic E-state index is 12.6. The third-order valence-corrected chi connectivity index (χ3v) is 5.75. The summed E-state index contributed by atoms with van der Waals surface area (Å²) in [5.74, 6) is 1.73. The number of carbonyl (C=O) groups excluding carboxylic acids is 1. The molecule has 0 bridgehead atoms. The molecule has 2 fully saturated rings. The average Bonchev–Trinajstić information content (AvgIpc) is 3.56. The van der Waals surface area contributed by atoms with Crippen molar-refractivity contribution in [2.75, 3.05) is 24.8 Å². The first-order valence-electron chi connectivity index (χ1n) is 11.4. The highest BCUT2D eigenvalue weighted by Crippen LogP contribution is 2.30. The molecule has 3 aromatic heterocycles. The van der Waals surface area contributed by atoms with Gasteiger partial charge in [0.2, 0.25) is 5.88 Å². The van der Waals surface area contributed by atoms with Crippen molar-refractivity contribution >= 4 is 28.9 Å². The smallest absolute Gasteiger partial charge is 0.256 e. The Balaban J connectivity index is 0.00000126. The summed E-state index contributed by atoms with van der Waals surface area (Å²) >= 11 is 0. The molecule has 2 saturated carbocycles. The molecule has 10 heteroatoms. The van der Waals surface area contributed by atoms with Crippen LogP contribution in [0.25, 0.3) is 5.65 Å². The summed E-state index contributed by atoms with van der Waals surface area (Å²) in [7, 11) is 2.81. The Morgan fingerprint density at radius 3 is 2.70 bits per heavy atom. The first-order valence-corrected chi connectivity index (χ1v) is 11.4. The van der Waals surface area contributed by atoms with Gasteiger partial charge in [-0.15, -0.1) is 0 Å². The first kappa shape index (κ1) is 22.8. The summed E-state index contributed by atoms with van der Waals surface area (Å²) < 4.78 is 7.84. The lowest BCUT2D eigenvalue weighted by atomic mass is 9.98. The van der Waals surface area contributed by atoms with Crippen LogP contribution in [0.3, 0.4) is 0 Å². The van der Waals surface area contributed by atoms with E-state index in [1.54, 1.807) is 16.9 Å². The maximum atomic E-state index is 12.6. The van der Waals surface area contributed by atoms with Crippen LogP contribution in [-0.2, 0) is 0 Å². The van der Waals surface area contributed by atoms with Crippen molar-refractivity contribution in [2.24, 2.45) is 0 Å². The zero-order valence-electron chi connectivity index (χ0n) is 19.0. The van der Waals surface area contributed by atoms with E-state index in [0.29, 0.717) is 22.9 Å². The van der Waals surface area contributed by atoms with Gasteiger partial charge in [-0.05, 0) is 50.7 Å². The molecular weight excluding hydrogens is 422 g/mol. The second-order valence-electron chi connectivity index (χ2n) is 8.18. The maximum Gasteiger partial charge on any atom is 0.256 e. The predicted octanol–water partition coefficient (Wildman–Crippen LogP) is 3.12. The largest absolute Gasteiger partial charge is 0.473 e. The number of anilines is 3. The van der Waals surface area contributed by atoms with Crippen LogP contribution in [0.2, 0.25) is 0 Å². The molecule has 0 aliphatic heterocycles. The molecule has 0 saturated heterocycles. The fourth-order valence-electron chi connectivity index (χ4n) is 3.91. The quantitative estimate of drug-likeness (QED) is 0.430. The van der Waals surface area contributed by atoms with Gasteiger partial charge in [-0.25, -0.2) is 9.97 Å². The molecule has 10 nitrogen and oxygen atoms in total. The van der Waals surface area contributed by atoms with Crippen molar-refractivity contribution in [3.05, 3.63) is 36.2 Å². The molecule has 3 heterocycles. The Kier molecular flexibility index (Phi) is 7.23. The van der Waals surface area contributed by atoms with Gasteiger partial charge < -0.3 is 25.8 Å². The van der Waals surface area contributed by atoms with Gasteiger partial charge in [-0.2, -0.15) is 9.61 Å². The van der Waals surface area contributed by atoms with E-state index in [2.05, 4.69) is 31.0 Å². The number of hydrogen-bond donors (Lipinski definition) is 4. The minimum Gasteiger partial charge on any atom is -0.473 e. The molecular formula is C23H31N7O3. The lowest BCUT2D eigenvalue weighted by Crippen LogP contribution is -2.25. The van der Waals surface area contributed by atoms with Crippen molar-refractivity contribution in [3.63, 3.8) is 0 Å². The number of carbonyl (C=O) groups is 1. The molecule has 4 N–H and O–H groups in total. The Morgan fingerprint density at radius 1 is 1.18 bits per heavy atom. The SMILES string of the molecule is CNc1cc(Nc2cccnc2OC2CCCCC2)nc2c(C(=O)NC3CC3)cnn12.CO. The molecule has 176 valence electrons. The van der Waals surface area contributed by atoms with Crippen LogP contribution in [-0.4, -0.2) is 56.9 Å². The van der Waals surface area contributed by atoms with Crippen molar-refractivity contribution in [3.8, 4) is 5.88 Å². The zero-order chi connectivity index (χ0) is 23.2. The average molecular weight is 454 g/mol. The third-order valence-electron chi connectivity index (χ3n) is 5.75. The molecule has 0 spiro atoms. The second kappa shape index (κ2) is 10.5. The van der Waals surface area contributed by atoms with E-state index in [-0.39, 0.29) is 18.1 Å². The normalized spacial score (nSPS) is 16.0. The minimum absolute atomic E-state index is 0.146. The van der Waals surface area contributed by atoms with E-state index in [9.17, 15) is 4.79 Å². The zero-order valence-corrected chi connectivity index (χ0v) is 19.0. The van der Waals surface area contributed by atoms with Crippen LogP contribution in [0.15, 0.2) is 30.6 Å². The highest BCUT2D eigenvalue weighted by molar-refractivity contribution is 6.00. The Bertz CT molecular complexity index is 1090. The molecule has 0 atom stereocenters. The van der Waals surface area contributed by atoms with Crippen molar-refractivity contribution < 1.29 is 14.6 Å². The van der Waals surface area contributed by atoms with Gasteiger partial charge in [0.1, 0.15) is 29.0 Å². The molecule has 0 unspecified atom stereocenters. The molecule has 3 aromatic rings. The van der Waals surface area contributed by atoms with Crippen LogP contribution in [0.5, 0.6) is 5.88 Å². The number of pyridine rings is 1. The van der Waals surface area contributed by atoms with E-state index in [1.807, 2.05) is 25.2 Å². The van der Waals surface area contributed by atoms with Crippen LogP contribution in [0.1, 0.15) is 55.3 Å². The summed E-state index contributed by atoms with van der Waals surface area (Å²) in [5, 5.41) is 20.8. The van der Waals surface area contributed by atoms with Crippen molar-refractivity contribution in [2.45, 2.75) is 57.1 Å². The first-order chi connectivity index (χ1) is 16.2. The van der Waals surface area contributed by atoms with Gasteiger partial charge in [0, 0.05) is 32.5 Å². The number of aliphatic hydroxyl groups is 1.